The highest BCUT2D eigenvalue weighted by molar-refractivity contribution is 6.32. The van der Waals surface area contributed by atoms with E-state index in [0.717, 1.165) is 30.3 Å². The third kappa shape index (κ3) is 5.92. The van der Waals surface area contributed by atoms with Gasteiger partial charge in [-0.3, -0.25) is 9.69 Å². The second-order valence-electron chi connectivity index (χ2n) is 6.81. The lowest BCUT2D eigenvalue weighted by molar-refractivity contribution is -0.124. The molecule has 2 aromatic carbocycles. The van der Waals surface area contributed by atoms with Crippen molar-refractivity contribution in [1.82, 2.24) is 10.2 Å². The van der Waals surface area contributed by atoms with Crippen molar-refractivity contribution >= 4 is 17.5 Å². The number of halogens is 2. The van der Waals surface area contributed by atoms with E-state index in [4.69, 9.17) is 21.1 Å². The number of hydrogen-bond donors (Lipinski definition) is 1. The van der Waals surface area contributed by atoms with E-state index in [0.29, 0.717) is 19.8 Å². The summed E-state index contributed by atoms with van der Waals surface area (Å²) in [4.78, 5) is 14.8. The number of amides is 1. The van der Waals surface area contributed by atoms with Gasteiger partial charge in [0.1, 0.15) is 11.6 Å². The Hall–Kier alpha value is -2.15. The average molecular weight is 407 g/mol. The molecule has 0 unspecified atom stereocenters. The molecule has 1 amide bonds. The molecule has 1 saturated heterocycles. The molecular formula is C21H24ClFN2O3. The third-order valence-corrected chi connectivity index (χ3v) is 4.91. The summed E-state index contributed by atoms with van der Waals surface area (Å²) in [5.41, 5.74) is 2.19. The van der Waals surface area contributed by atoms with E-state index in [1.54, 1.807) is 0 Å². The molecule has 0 spiro atoms. The van der Waals surface area contributed by atoms with Gasteiger partial charge in [0, 0.05) is 19.6 Å². The topological polar surface area (TPSA) is 50.8 Å². The van der Waals surface area contributed by atoms with E-state index >= 15 is 0 Å². The highest BCUT2D eigenvalue weighted by Gasteiger charge is 2.20. The van der Waals surface area contributed by atoms with Gasteiger partial charge in [-0.05, 0) is 30.7 Å². The van der Waals surface area contributed by atoms with Gasteiger partial charge < -0.3 is 14.8 Å². The lowest BCUT2D eigenvalue weighted by Gasteiger charge is -2.31. The first-order valence-electron chi connectivity index (χ1n) is 9.25. The second-order valence-corrected chi connectivity index (χ2v) is 7.21. The molecule has 0 aliphatic carbocycles. The Morgan fingerprint density at radius 2 is 1.96 bits per heavy atom. The smallest absolute Gasteiger partial charge is 0.258 e. The van der Waals surface area contributed by atoms with Crippen molar-refractivity contribution in [1.29, 1.82) is 0 Å². The molecule has 0 radical (unpaired) electrons. The van der Waals surface area contributed by atoms with Crippen LogP contribution in [0.25, 0.3) is 0 Å². The van der Waals surface area contributed by atoms with Crippen LogP contribution in [0.4, 0.5) is 4.39 Å². The zero-order valence-corrected chi connectivity index (χ0v) is 16.5. The molecule has 28 heavy (non-hydrogen) atoms. The van der Waals surface area contributed by atoms with Crippen LogP contribution in [0.2, 0.25) is 5.02 Å². The summed E-state index contributed by atoms with van der Waals surface area (Å²) in [5, 5.41) is 3.17. The lowest BCUT2D eigenvalue weighted by Crippen LogP contribution is -2.44. The van der Waals surface area contributed by atoms with Crippen LogP contribution in [0.1, 0.15) is 17.2 Å². The summed E-state index contributed by atoms with van der Waals surface area (Å²) in [7, 11) is 0. The fourth-order valence-electron chi connectivity index (χ4n) is 3.05. The number of nitrogens with one attached hydrogen (secondary N) is 1. The Bertz CT molecular complexity index is 795. The molecule has 1 N–H and O–H groups in total. The molecule has 5 nitrogen and oxygen atoms in total. The van der Waals surface area contributed by atoms with Crippen molar-refractivity contribution in [3.8, 4) is 5.75 Å². The number of aryl methyl sites for hydroxylation is 1. The molecule has 0 bridgehead atoms. The monoisotopic (exact) mass is 406 g/mol. The Kier molecular flexibility index (Phi) is 7.25. The summed E-state index contributed by atoms with van der Waals surface area (Å²) in [6, 6.07) is 11.8. The second kappa shape index (κ2) is 9.87. The fourth-order valence-corrected chi connectivity index (χ4v) is 3.27. The van der Waals surface area contributed by atoms with Crippen LogP contribution in [-0.2, 0) is 9.53 Å². The molecular weight excluding hydrogens is 383 g/mol. The molecule has 0 aromatic heterocycles. The minimum absolute atomic E-state index is 0.135. The van der Waals surface area contributed by atoms with Gasteiger partial charge in [0.15, 0.2) is 6.61 Å². The molecule has 2 aromatic rings. The Morgan fingerprint density at radius 1 is 1.25 bits per heavy atom. The maximum Gasteiger partial charge on any atom is 0.258 e. The molecule has 7 heteroatoms. The predicted molar refractivity (Wildman–Crippen MR) is 106 cm³/mol. The van der Waals surface area contributed by atoms with Crippen LogP contribution in [0.15, 0.2) is 42.5 Å². The Labute approximate surface area is 169 Å². The largest absolute Gasteiger partial charge is 0.482 e. The zero-order chi connectivity index (χ0) is 19.9. The molecule has 1 heterocycles. The van der Waals surface area contributed by atoms with Gasteiger partial charge in [0.05, 0.1) is 24.3 Å². The minimum atomic E-state index is -0.452. The third-order valence-electron chi connectivity index (χ3n) is 4.61. The number of rotatable bonds is 7. The number of hydrogen-bond acceptors (Lipinski definition) is 4. The maximum atomic E-state index is 13.1. The molecule has 1 aliphatic heterocycles. The summed E-state index contributed by atoms with van der Waals surface area (Å²) < 4.78 is 24.0. The van der Waals surface area contributed by atoms with Gasteiger partial charge in [0.25, 0.3) is 5.91 Å². The van der Waals surface area contributed by atoms with Crippen molar-refractivity contribution < 1.29 is 18.7 Å². The zero-order valence-electron chi connectivity index (χ0n) is 15.8. The normalized spacial score (nSPS) is 15.8. The van der Waals surface area contributed by atoms with Gasteiger partial charge in [-0.2, -0.15) is 0 Å². The van der Waals surface area contributed by atoms with E-state index < -0.39 is 5.82 Å². The van der Waals surface area contributed by atoms with E-state index in [1.807, 2.05) is 31.2 Å². The molecule has 1 fully saturated rings. The van der Waals surface area contributed by atoms with Gasteiger partial charge in [-0.25, -0.2) is 4.39 Å². The van der Waals surface area contributed by atoms with E-state index in [9.17, 15) is 9.18 Å². The van der Waals surface area contributed by atoms with Crippen LogP contribution in [0.3, 0.4) is 0 Å². The molecule has 150 valence electrons. The molecule has 3 rings (SSSR count). The number of ether oxygens (including phenoxy) is 2. The summed E-state index contributed by atoms with van der Waals surface area (Å²) in [5.74, 6) is -0.441. The van der Waals surface area contributed by atoms with Gasteiger partial charge in [-0.15, -0.1) is 0 Å². The first-order chi connectivity index (χ1) is 13.5. The number of nitrogens with zero attached hydrogens (tertiary/aromatic N) is 1. The van der Waals surface area contributed by atoms with Crippen molar-refractivity contribution in [2.45, 2.75) is 13.0 Å². The predicted octanol–water partition coefficient (Wildman–Crippen LogP) is 3.36. The van der Waals surface area contributed by atoms with Gasteiger partial charge in [0.2, 0.25) is 0 Å². The number of morpholine rings is 1. The van der Waals surface area contributed by atoms with Crippen molar-refractivity contribution in [2.24, 2.45) is 0 Å². The van der Waals surface area contributed by atoms with Crippen LogP contribution in [0.5, 0.6) is 5.75 Å². The fraction of sp³-hybridized carbons (Fsp3) is 0.381. The quantitative estimate of drug-likeness (QED) is 0.766. The molecule has 1 atom stereocenters. The van der Waals surface area contributed by atoms with Gasteiger partial charge >= 0.3 is 0 Å². The minimum Gasteiger partial charge on any atom is -0.482 e. The summed E-state index contributed by atoms with van der Waals surface area (Å²) in [6.07, 6.45) is 0. The van der Waals surface area contributed by atoms with E-state index in [1.165, 1.54) is 12.1 Å². The van der Waals surface area contributed by atoms with Gasteiger partial charge in [-0.1, -0.05) is 41.4 Å². The van der Waals surface area contributed by atoms with Crippen LogP contribution >= 0.6 is 11.6 Å². The number of carbonyl (C=O) groups is 1. The average Bonchev–Trinajstić information content (AvgIpc) is 2.68. The first-order valence-corrected chi connectivity index (χ1v) is 9.63. The van der Waals surface area contributed by atoms with Crippen LogP contribution in [0, 0.1) is 12.7 Å². The maximum absolute atomic E-state index is 13.1. The standard InChI is InChI=1S/C21H24ClFN2O3/c1-15-2-4-16(5-3-15)19(13-25-8-10-27-11-9-25)24-21(26)14-28-20-7-6-17(23)12-18(20)22/h2-7,12,19H,8-11,13-14H2,1H3,(H,24,26)/t19-/m0/s1. The Balaban J connectivity index is 1.63. The highest BCUT2D eigenvalue weighted by atomic mass is 35.5. The van der Waals surface area contributed by atoms with Crippen molar-refractivity contribution in [3.05, 3.63) is 64.4 Å². The number of carbonyl (C=O) groups excluding carboxylic acids is 1. The highest BCUT2D eigenvalue weighted by Crippen LogP contribution is 2.25. The Morgan fingerprint density at radius 3 is 2.64 bits per heavy atom. The summed E-state index contributed by atoms with van der Waals surface area (Å²) >= 11 is 5.94. The van der Waals surface area contributed by atoms with Crippen molar-refractivity contribution in [2.75, 3.05) is 39.5 Å². The number of benzene rings is 2. The molecule has 0 saturated carbocycles. The lowest BCUT2D eigenvalue weighted by atomic mass is 10.0. The first kappa shape index (κ1) is 20.6. The summed E-state index contributed by atoms with van der Waals surface area (Å²) in [6.45, 7) is 5.58. The van der Waals surface area contributed by atoms with Crippen molar-refractivity contribution in [3.63, 3.8) is 0 Å². The van der Waals surface area contributed by atoms with Crippen LogP contribution < -0.4 is 10.1 Å². The SMILES string of the molecule is Cc1ccc([C@H](CN2CCOCC2)NC(=O)COc2ccc(F)cc2Cl)cc1. The van der Waals surface area contributed by atoms with E-state index in [2.05, 4.69) is 10.2 Å². The molecule has 1 aliphatic rings. The van der Waals surface area contributed by atoms with E-state index in [-0.39, 0.29) is 29.3 Å². The van der Waals surface area contributed by atoms with Crippen LogP contribution in [-0.4, -0.2) is 50.3 Å².